The number of rotatable bonds is 6. The number of hydrogen-bond donors (Lipinski definition) is 3. The molecule has 0 radical (unpaired) electrons. The van der Waals surface area contributed by atoms with Crippen LogP contribution in [0.2, 0.25) is 0 Å². The second-order valence-corrected chi connectivity index (χ2v) is 4.75. The van der Waals surface area contributed by atoms with Gasteiger partial charge in [0.2, 0.25) is 5.91 Å². The van der Waals surface area contributed by atoms with Crippen LogP contribution in [0.15, 0.2) is 24.3 Å². The molecule has 20 heavy (non-hydrogen) atoms. The third-order valence-electron chi connectivity index (χ3n) is 2.88. The van der Waals surface area contributed by atoms with E-state index in [0.717, 1.165) is 0 Å². The summed E-state index contributed by atoms with van der Waals surface area (Å²) >= 11 is 0. The first kappa shape index (κ1) is 16.1. The molecule has 0 bridgehead atoms. The van der Waals surface area contributed by atoms with Gasteiger partial charge in [-0.3, -0.25) is 14.9 Å². The third kappa shape index (κ3) is 4.01. The Balaban J connectivity index is 2.82. The van der Waals surface area contributed by atoms with E-state index in [0.29, 0.717) is 5.56 Å². The molecule has 1 aromatic carbocycles. The fourth-order valence-electron chi connectivity index (χ4n) is 1.60. The Kier molecular flexibility index (Phi) is 5.60. The summed E-state index contributed by atoms with van der Waals surface area (Å²) in [6.45, 7) is 2.96. The van der Waals surface area contributed by atoms with E-state index in [1.165, 1.54) is 24.3 Å². The number of aliphatic hydroxyl groups is 2. The molecular weight excluding hydrogens is 264 g/mol. The van der Waals surface area contributed by atoms with E-state index in [1.807, 2.05) is 0 Å². The van der Waals surface area contributed by atoms with Crippen LogP contribution in [-0.2, 0) is 4.79 Å². The molecule has 7 nitrogen and oxygen atoms in total. The van der Waals surface area contributed by atoms with E-state index in [-0.39, 0.29) is 17.5 Å². The van der Waals surface area contributed by atoms with Crippen LogP contribution < -0.4 is 5.32 Å². The van der Waals surface area contributed by atoms with Crippen LogP contribution in [0.3, 0.4) is 0 Å². The van der Waals surface area contributed by atoms with Crippen LogP contribution >= 0.6 is 0 Å². The molecule has 0 saturated carbocycles. The van der Waals surface area contributed by atoms with Gasteiger partial charge >= 0.3 is 0 Å². The average Bonchev–Trinajstić information content (AvgIpc) is 2.43. The molecule has 0 fully saturated rings. The van der Waals surface area contributed by atoms with Crippen molar-refractivity contribution in [3.8, 4) is 0 Å². The molecule has 0 spiro atoms. The standard InChI is InChI=1S/C13H18N2O5/c1-8(2)13(18)14-11(7-16)12(17)9-3-5-10(6-4-9)15(19)20/h3-6,8,11-12,16-17H,7H2,1-2H3,(H,14,18)/t11-,12-/m0/s1. The summed E-state index contributed by atoms with van der Waals surface area (Å²) in [6.07, 6.45) is -1.14. The van der Waals surface area contributed by atoms with Crippen molar-refractivity contribution < 1.29 is 19.9 Å². The fraction of sp³-hybridized carbons (Fsp3) is 0.462. The highest BCUT2D eigenvalue weighted by atomic mass is 16.6. The lowest BCUT2D eigenvalue weighted by Crippen LogP contribution is -2.43. The molecule has 0 aromatic heterocycles. The number of hydrogen-bond acceptors (Lipinski definition) is 5. The van der Waals surface area contributed by atoms with Crippen LogP contribution in [0.5, 0.6) is 0 Å². The van der Waals surface area contributed by atoms with Gasteiger partial charge in [-0.05, 0) is 17.7 Å². The largest absolute Gasteiger partial charge is 0.394 e. The first-order valence-electron chi connectivity index (χ1n) is 6.20. The van der Waals surface area contributed by atoms with Crippen molar-refractivity contribution in [2.24, 2.45) is 5.92 Å². The van der Waals surface area contributed by atoms with Gasteiger partial charge < -0.3 is 15.5 Å². The lowest BCUT2D eigenvalue weighted by molar-refractivity contribution is -0.384. The van der Waals surface area contributed by atoms with E-state index in [1.54, 1.807) is 13.8 Å². The number of benzene rings is 1. The molecule has 1 aromatic rings. The molecule has 0 aliphatic carbocycles. The van der Waals surface area contributed by atoms with Gasteiger partial charge in [0, 0.05) is 18.1 Å². The van der Waals surface area contributed by atoms with E-state index in [9.17, 15) is 25.1 Å². The zero-order chi connectivity index (χ0) is 15.3. The molecule has 0 saturated heterocycles. The number of carbonyl (C=O) groups is 1. The van der Waals surface area contributed by atoms with Crippen molar-refractivity contribution >= 4 is 11.6 Å². The summed E-state index contributed by atoms with van der Waals surface area (Å²) in [4.78, 5) is 21.6. The predicted molar refractivity (Wildman–Crippen MR) is 71.9 cm³/mol. The normalized spacial score (nSPS) is 13.8. The molecule has 1 rings (SSSR count). The average molecular weight is 282 g/mol. The van der Waals surface area contributed by atoms with E-state index >= 15 is 0 Å². The van der Waals surface area contributed by atoms with Gasteiger partial charge in [-0.2, -0.15) is 0 Å². The highest BCUT2D eigenvalue weighted by Gasteiger charge is 2.23. The summed E-state index contributed by atoms with van der Waals surface area (Å²) < 4.78 is 0. The van der Waals surface area contributed by atoms with Gasteiger partial charge in [0.25, 0.3) is 5.69 Å². The molecule has 2 atom stereocenters. The van der Waals surface area contributed by atoms with Crippen molar-refractivity contribution in [1.29, 1.82) is 0 Å². The molecule has 0 aliphatic heterocycles. The maximum absolute atomic E-state index is 11.6. The first-order valence-corrected chi connectivity index (χ1v) is 6.20. The maximum atomic E-state index is 11.6. The fourth-order valence-corrected chi connectivity index (χ4v) is 1.60. The van der Waals surface area contributed by atoms with Crippen molar-refractivity contribution in [3.05, 3.63) is 39.9 Å². The number of nitrogens with zero attached hydrogens (tertiary/aromatic N) is 1. The number of nitro benzene ring substituents is 1. The zero-order valence-electron chi connectivity index (χ0n) is 11.3. The Labute approximate surface area is 116 Å². The van der Waals surface area contributed by atoms with Gasteiger partial charge in [-0.15, -0.1) is 0 Å². The van der Waals surface area contributed by atoms with Crippen LogP contribution in [0.25, 0.3) is 0 Å². The first-order chi connectivity index (χ1) is 9.36. The smallest absolute Gasteiger partial charge is 0.269 e. The van der Waals surface area contributed by atoms with Crippen molar-refractivity contribution in [2.45, 2.75) is 26.0 Å². The van der Waals surface area contributed by atoms with Gasteiger partial charge in [-0.25, -0.2) is 0 Å². The molecule has 7 heteroatoms. The lowest BCUT2D eigenvalue weighted by atomic mass is 10.0. The van der Waals surface area contributed by atoms with Crippen molar-refractivity contribution in [1.82, 2.24) is 5.32 Å². The third-order valence-corrected chi connectivity index (χ3v) is 2.88. The minimum Gasteiger partial charge on any atom is -0.394 e. The molecule has 0 aliphatic rings. The molecule has 3 N–H and O–H groups in total. The number of carbonyl (C=O) groups excluding carboxylic acids is 1. The second kappa shape index (κ2) is 6.97. The number of aliphatic hydroxyl groups excluding tert-OH is 2. The number of amides is 1. The SMILES string of the molecule is CC(C)C(=O)N[C@@H](CO)[C@@H](O)c1ccc([N+](=O)[O-])cc1. The van der Waals surface area contributed by atoms with Gasteiger partial charge in [0.05, 0.1) is 17.6 Å². The van der Waals surface area contributed by atoms with E-state index < -0.39 is 23.7 Å². The molecule has 0 unspecified atom stereocenters. The number of non-ortho nitro benzene ring substituents is 1. The Hall–Kier alpha value is -1.99. The Bertz CT molecular complexity index is 472. The summed E-state index contributed by atoms with van der Waals surface area (Å²) in [6, 6.07) is 4.46. The number of nitro groups is 1. The highest BCUT2D eigenvalue weighted by molar-refractivity contribution is 5.78. The summed E-state index contributed by atoms with van der Waals surface area (Å²) in [5.41, 5.74) is 0.298. The molecule has 0 heterocycles. The Morgan fingerprint density at radius 3 is 2.30 bits per heavy atom. The summed E-state index contributed by atoms with van der Waals surface area (Å²) in [5.74, 6) is -0.557. The molecular formula is C13H18N2O5. The highest BCUT2D eigenvalue weighted by Crippen LogP contribution is 2.20. The van der Waals surface area contributed by atoms with Crippen LogP contribution in [0, 0.1) is 16.0 Å². The van der Waals surface area contributed by atoms with Gasteiger partial charge in [0.15, 0.2) is 0 Å². The molecule has 110 valence electrons. The maximum Gasteiger partial charge on any atom is 0.269 e. The summed E-state index contributed by atoms with van der Waals surface area (Å²) in [7, 11) is 0. The van der Waals surface area contributed by atoms with Crippen molar-refractivity contribution in [2.75, 3.05) is 6.61 Å². The molecule has 1 amide bonds. The quantitative estimate of drug-likeness (QED) is 0.526. The van der Waals surface area contributed by atoms with Crippen molar-refractivity contribution in [3.63, 3.8) is 0 Å². The predicted octanol–water partition coefficient (Wildman–Crippen LogP) is 0.761. The zero-order valence-corrected chi connectivity index (χ0v) is 11.3. The monoisotopic (exact) mass is 282 g/mol. The van der Waals surface area contributed by atoms with E-state index in [2.05, 4.69) is 5.32 Å². The lowest BCUT2D eigenvalue weighted by Gasteiger charge is -2.23. The Morgan fingerprint density at radius 2 is 1.90 bits per heavy atom. The van der Waals surface area contributed by atoms with Crippen LogP contribution in [0.1, 0.15) is 25.5 Å². The van der Waals surface area contributed by atoms with Gasteiger partial charge in [-0.1, -0.05) is 13.8 Å². The van der Waals surface area contributed by atoms with Gasteiger partial charge in [0.1, 0.15) is 6.10 Å². The minimum absolute atomic E-state index is 0.0901. The van der Waals surface area contributed by atoms with Crippen LogP contribution in [-0.4, -0.2) is 33.7 Å². The van der Waals surface area contributed by atoms with E-state index in [4.69, 9.17) is 0 Å². The Morgan fingerprint density at radius 1 is 1.35 bits per heavy atom. The minimum atomic E-state index is -1.14. The number of nitrogens with one attached hydrogen (secondary N) is 1. The second-order valence-electron chi connectivity index (χ2n) is 4.75. The topological polar surface area (TPSA) is 113 Å². The summed E-state index contributed by atoms with van der Waals surface area (Å²) in [5, 5.41) is 32.4. The van der Waals surface area contributed by atoms with Crippen LogP contribution in [0.4, 0.5) is 5.69 Å².